The fourth-order valence-corrected chi connectivity index (χ4v) is 4.73. The SMILES string of the molecule is CCOC(=O)NC(=NC)Nc1ccc(-c2ccc(C(C)N3CC(CC)O[C@@H](C)C3)nc2)cc1-c1ccccn1. The summed E-state index contributed by atoms with van der Waals surface area (Å²) in [5, 5.41) is 5.83. The quantitative estimate of drug-likeness (QED) is 0.307. The minimum atomic E-state index is -0.571. The van der Waals surface area contributed by atoms with Gasteiger partial charge in [0.15, 0.2) is 0 Å². The first-order valence-electron chi connectivity index (χ1n) is 13.5. The Labute approximate surface area is 230 Å². The summed E-state index contributed by atoms with van der Waals surface area (Å²) >= 11 is 0. The molecule has 9 nitrogen and oxygen atoms in total. The van der Waals surface area contributed by atoms with Crippen LogP contribution >= 0.6 is 0 Å². The first-order valence-corrected chi connectivity index (χ1v) is 13.5. The average Bonchev–Trinajstić information content (AvgIpc) is 2.97. The molecule has 0 spiro atoms. The summed E-state index contributed by atoms with van der Waals surface area (Å²) in [5.41, 5.74) is 5.46. The van der Waals surface area contributed by atoms with Crippen molar-refractivity contribution in [2.24, 2.45) is 4.99 Å². The fraction of sp³-hybridized carbons (Fsp3) is 0.400. The predicted octanol–water partition coefficient (Wildman–Crippen LogP) is 5.51. The number of amides is 1. The number of pyridine rings is 2. The molecule has 0 aliphatic carbocycles. The van der Waals surface area contributed by atoms with E-state index in [1.165, 1.54) is 0 Å². The lowest BCUT2D eigenvalue weighted by molar-refractivity contribution is -0.0884. The summed E-state index contributed by atoms with van der Waals surface area (Å²) < 4.78 is 11.0. The van der Waals surface area contributed by atoms with E-state index >= 15 is 0 Å². The van der Waals surface area contributed by atoms with Crippen LogP contribution in [-0.2, 0) is 9.47 Å². The minimum absolute atomic E-state index is 0.203. The molecule has 3 atom stereocenters. The van der Waals surface area contributed by atoms with Crippen LogP contribution < -0.4 is 10.6 Å². The number of guanidine groups is 1. The summed E-state index contributed by atoms with van der Waals surface area (Å²) in [6, 6.07) is 16.2. The normalized spacial score (nSPS) is 18.8. The maximum atomic E-state index is 11.9. The van der Waals surface area contributed by atoms with Crippen LogP contribution in [0.3, 0.4) is 0 Å². The van der Waals surface area contributed by atoms with E-state index in [0.29, 0.717) is 0 Å². The molecule has 1 aromatic carbocycles. The maximum absolute atomic E-state index is 11.9. The Morgan fingerprint density at radius 1 is 1.15 bits per heavy atom. The number of nitrogens with one attached hydrogen (secondary N) is 2. The highest BCUT2D eigenvalue weighted by molar-refractivity contribution is 6.04. The largest absolute Gasteiger partial charge is 0.450 e. The molecule has 1 amide bonds. The number of rotatable bonds is 7. The molecule has 3 heterocycles. The Morgan fingerprint density at radius 3 is 2.64 bits per heavy atom. The Bertz CT molecular complexity index is 1270. The first kappa shape index (κ1) is 28.2. The maximum Gasteiger partial charge on any atom is 0.413 e. The third kappa shape index (κ3) is 7.19. The number of anilines is 1. The molecule has 1 fully saturated rings. The summed E-state index contributed by atoms with van der Waals surface area (Å²) in [6.45, 7) is 10.4. The zero-order valence-electron chi connectivity index (χ0n) is 23.3. The van der Waals surface area contributed by atoms with Gasteiger partial charge in [-0.1, -0.05) is 25.1 Å². The van der Waals surface area contributed by atoms with Crippen molar-refractivity contribution in [3.8, 4) is 22.4 Å². The van der Waals surface area contributed by atoms with E-state index in [4.69, 9.17) is 14.5 Å². The molecule has 39 heavy (non-hydrogen) atoms. The number of nitrogens with zero attached hydrogens (tertiary/aromatic N) is 4. The van der Waals surface area contributed by atoms with Gasteiger partial charge in [0.05, 0.1) is 35.9 Å². The van der Waals surface area contributed by atoms with Crippen molar-refractivity contribution < 1.29 is 14.3 Å². The van der Waals surface area contributed by atoms with Crippen molar-refractivity contribution in [1.82, 2.24) is 20.2 Å². The second kappa shape index (κ2) is 13.3. The van der Waals surface area contributed by atoms with Crippen molar-refractivity contribution in [1.29, 1.82) is 0 Å². The van der Waals surface area contributed by atoms with Gasteiger partial charge in [-0.25, -0.2) is 4.79 Å². The molecule has 0 radical (unpaired) electrons. The highest BCUT2D eigenvalue weighted by atomic mass is 16.5. The summed E-state index contributed by atoms with van der Waals surface area (Å²) in [7, 11) is 1.59. The van der Waals surface area contributed by atoms with E-state index in [1.807, 2.05) is 36.5 Å². The Kier molecular flexibility index (Phi) is 9.62. The van der Waals surface area contributed by atoms with Gasteiger partial charge in [-0.15, -0.1) is 0 Å². The number of aromatic nitrogens is 2. The number of benzene rings is 1. The molecule has 206 valence electrons. The van der Waals surface area contributed by atoms with Crippen LogP contribution in [0, 0.1) is 0 Å². The Balaban J connectivity index is 1.58. The van der Waals surface area contributed by atoms with E-state index in [9.17, 15) is 4.79 Å². The molecular formula is C30H38N6O3. The number of aliphatic imine (C=N–C) groups is 1. The van der Waals surface area contributed by atoms with E-state index < -0.39 is 6.09 Å². The monoisotopic (exact) mass is 530 g/mol. The number of hydrogen-bond donors (Lipinski definition) is 2. The third-order valence-electron chi connectivity index (χ3n) is 6.84. The Hall–Kier alpha value is -3.82. The number of carbonyl (C=O) groups excluding carboxylic acids is 1. The fourth-order valence-electron chi connectivity index (χ4n) is 4.73. The average molecular weight is 531 g/mol. The molecule has 1 aliphatic rings. The topological polar surface area (TPSA) is 101 Å². The lowest BCUT2D eigenvalue weighted by Gasteiger charge is -2.39. The smallest absolute Gasteiger partial charge is 0.413 e. The molecule has 0 saturated carbocycles. The van der Waals surface area contributed by atoms with Gasteiger partial charge in [-0.3, -0.25) is 25.2 Å². The molecule has 2 aromatic heterocycles. The number of carbonyl (C=O) groups is 1. The molecule has 2 unspecified atom stereocenters. The van der Waals surface area contributed by atoms with Crippen LogP contribution in [0.25, 0.3) is 22.4 Å². The van der Waals surface area contributed by atoms with Crippen LogP contribution in [0.15, 0.2) is 65.9 Å². The van der Waals surface area contributed by atoms with E-state index in [-0.39, 0.29) is 30.8 Å². The summed E-state index contributed by atoms with van der Waals surface area (Å²) in [4.78, 5) is 28.0. The molecule has 1 aliphatic heterocycles. The number of ether oxygens (including phenoxy) is 2. The van der Waals surface area contributed by atoms with Gasteiger partial charge in [0.25, 0.3) is 0 Å². The second-order valence-electron chi connectivity index (χ2n) is 9.60. The van der Waals surface area contributed by atoms with E-state index in [2.05, 4.69) is 64.5 Å². The molecular weight excluding hydrogens is 492 g/mol. The van der Waals surface area contributed by atoms with Gasteiger partial charge in [-0.2, -0.15) is 0 Å². The molecule has 4 rings (SSSR count). The van der Waals surface area contributed by atoms with Gasteiger partial charge in [0.2, 0.25) is 5.96 Å². The molecule has 3 aromatic rings. The first-order chi connectivity index (χ1) is 18.9. The zero-order chi connectivity index (χ0) is 27.8. The third-order valence-corrected chi connectivity index (χ3v) is 6.84. The van der Waals surface area contributed by atoms with Crippen molar-refractivity contribution in [3.63, 3.8) is 0 Å². The van der Waals surface area contributed by atoms with Crippen LogP contribution in [-0.4, -0.2) is 65.9 Å². The second-order valence-corrected chi connectivity index (χ2v) is 9.60. The highest BCUT2D eigenvalue weighted by Crippen LogP contribution is 2.32. The van der Waals surface area contributed by atoms with Crippen LogP contribution in [0.5, 0.6) is 0 Å². The standard InChI is InChI=1S/C30H38N6O3/c1-6-24-19-36(18-20(3)39-24)21(4)26-13-12-23(17-33-26)22-11-14-28(25(16-22)27-10-8-9-15-32-27)34-29(31-5)35-30(37)38-7-2/h8-17,20-21,24H,6-7,18-19H2,1-5H3,(H2,31,34,35,37)/t20-,21?,24?/m0/s1. The number of alkyl carbamates (subject to hydrolysis) is 1. The van der Waals surface area contributed by atoms with Crippen LogP contribution in [0.1, 0.15) is 45.9 Å². The lowest BCUT2D eigenvalue weighted by Crippen LogP contribution is -2.47. The van der Waals surface area contributed by atoms with E-state index in [0.717, 1.165) is 53.3 Å². The van der Waals surface area contributed by atoms with Gasteiger partial charge in [0.1, 0.15) is 0 Å². The highest BCUT2D eigenvalue weighted by Gasteiger charge is 2.28. The molecule has 0 bridgehead atoms. The van der Waals surface area contributed by atoms with Crippen molar-refractivity contribution >= 4 is 17.7 Å². The van der Waals surface area contributed by atoms with Gasteiger partial charge < -0.3 is 14.8 Å². The van der Waals surface area contributed by atoms with Crippen LogP contribution in [0.4, 0.5) is 10.5 Å². The van der Waals surface area contributed by atoms with Crippen molar-refractivity contribution in [3.05, 3.63) is 66.6 Å². The number of morpholine rings is 1. The number of hydrogen-bond acceptors (Lipinski definition) is 7. The van der Waals surface area contributed by atoms with Crippen molar-refractivity contribution in [2.45, 2.75) is 52.4 Å². The van der Waals surface area contributed by atoms with Crippen molar-refractivity contribution in [2.75, 3.05) is 32.1 Å². The lowest BCUT2D eigenvalue weighted by atomic mass is 10.00. The predicted molar refractivity (Wildman–Crippen MR) is 155 cm³/mol. The molecule has 1 saturated heterocycles. The van der Waals surface area contributed by atoms with Gasteiger partial charge in [0, 0.05) is 49.7 Å². The van der Waals surface area contributed by atoms with E-state index in [1.54, 1.807) is 20.2 Å². The Morgan fingerprint density at radius 2 is 1.97 bits per heavy atom. The molecule has 2 N–H and O–H groups in total. The summed E-state index contributed by atoms with van der Waals surface area (Å²) in [6.07, 6.45) is 4.60. The van der Waals surface area contributed by atoms with Gasteiger partial charge >= 0.3 is 6.09 Å². The zero-order valence-corrected chi connectivity index (χ0v) is 23.3. The van der Waals surface area contributed by atoms with Gasteiger partial charge in [-0.05, 0) is 63.1 Å². The molecule has 9 heteroatoms. The summed E-state index contributed by atoms with van der Waals surface area (Å²) in [5.74, 6) is 0.279. The minimum Gasteiger partial charge on any atom is -0.450 e. The van der Waals surface area contributed by atoms with Crippen LogP contribution in [0.2, 0.25) is 0 Å².